The second-order valence-corrected chi connectivity index (χ2v) is 0.408. The minimum absolute atomic E-state index is 0. The second-order valence-electron chi connectivity index (χ2n) is 0.408. The predicted octanol–water partition coefficient (Wildman–Crippen LogP) is 1.84. The zero-order valence-electron chi connectivity index (χ0n) is 2.69. The van der Waals surface area contributed by atoms with E-state index in [1.54, 1.807) is 6.08 Å². The monoisotopic (exact) mass is 74.0 g/mol. The highest BCUT2D eigenvalue weighted by Crippen LogP contribution is 1.38. The third-order valence-electron chi connectivity index (χ3n) is 0. The van der Waals surface area contributed by atoms with Crippen molar-refractivity contribution < 1.29 is 0 Å². The van der Waals surface area contributed by atoms with Gasteiger partial charge in [0.25, 0.3) is 0 Å². The molecule has 2 radical (unpaired) electrons. The standard InChI is InChI=1S/C3H6.S/c1-3-2;/h3H,1H2,2H3;. The van der Waals surface area contributed by atoms with Crippen LogP contribution in [0.5, 0.6) is 0 Å². The van der Waals surface area contributed by atoms with Crippen molar-refractivity contribution >= 4 is 13.5 Å². The van der Waals surface area contributed by atoms with Gasteiger partial charge in [-0.3, -0.25) is 0 Å². The first-order valence-corrected chi connectivity index (χ1v) is 0.986. The molecule has 0 N–H and O–H groups in total. The van der Waals surface area contributed by atoms with Crippen LogP contribution in [0.1, 0.15) is 6.92 Å². The van der Waals surface area contributed by atoms with Gasteiger partial charge in [-0.25, -0.2) is 0 Å². The van der Waals surface area contributed by atoms with Gasteiger partial charge in [-0.15, -0.1) is 6.58 Å². The van der Waals surface area contributed by atoms with Gasteiger partial charge in [0.2, 0.25) is 0 Å². The lowest BCUT2D eigenvalue weighted by molar-refractivity contribution is 1.80. The molecule has 0 aliphatic heterocycles. The minimum Gasteiger partial charge on any atom is -0.103 e. The molecule has 0 aliphatic rings. The Balaban J connectivity index is 0. The Morgan fingerprint density at radius 2 is 1.75 bits per heavy atom. The van der Waals surface area contributed by atoms with E-state index in [2.05, 4.69) is 6.58 Å². The smallest absolute Gasteiger partial charge is 0 e. The SMILES string of the molecule is C=CC.[S]. The largest absolute Gasteiger partial charge is 0.103 e. The van der Waals surface area contributed by atoms with Gasteiger partial charge in [0, 0.05) is 13.5 Å². The summed E-state index contributed by atoms with van der Waals surface area (Å²) in [4.78, 5) is 0. The van der Waals surface area contributed by atoms with Crippen LogP contribution in [0.15, 0.2) is 12.7 Å². The molecular formula is C3H6S. The summed E-state index contributed by atoms with van der Waals surface area (Å²) in [6.45, 7) is 5.25. The molecule has 0 unspecified atom stereocenters. The first-order chi connectivity index (χ1) is 1.41. The molecule has 4 heavy (non-hydrogen) atoms. The van der Waals surface area contributed by atoms with E-state index in [0.29, 0.717) is 0 Å². The van der Waals surface area contributed by atoms with Gasteiger partial charge >= 0.3 is 0 Å². The molecule has 0 rings (SSSR count). The van der Waals surface area contributed by atoms with Crippen LogP contribution >= 0.6 is 13.5 Å². The zero-order chi connectivity index (χ0) is 2.71. The number of allylic oxidation sites excluding steroid dienone is 1. The van der Waals surface area contributed by atoms with Crippen molar-refractivity contribution in [3.05, 3.63) is 12.7 Å². The van der Waals surface area contributed by atoms with Gasteiger partial charge in [0.05, 0.1) is 0 Å². The molecule has 0 spiro atoms. The second kappa shape index (κ2) is 11.4. The van der Waals surface area contributed by atoms with Crippen LogP contribution in [0, 0.1) is 0 Å². The summed E-state index contributed by atoms with van der Waals surface area (Å²) in [5.74, 6) is 0. The highest BCUT2D eigenvalue weighted by molar-refractivity contribution is 7.59. The highest BCUT2D eigenvalue weighted by Gasteiger charge is 1.15. The fourth-order valence-corrected chi connectivity index (χ4v) is 0. The number of rotatable bonds is 0. The number of hydrogen-bond acceptors (Lipinski definition) is 0. The summed E-state index contributed by atoms with van der Waals surface area (Å²) in [5, 5.41) is 0. The molecule has 0 nitrogen and oxygen atoms in total. The maximum atomic E-state index is 3.36. The van der Waals surface area contributed by atoms with Crippen molar-refractivity contribution in [2.24, 2.45) is 0 Å². The molecule has 0 aromatic carbocycles. The van der Waals surface area contributed by atoms with Crippen molar-refractivity contribution in [1.29, 1.82) is 0 Å². The van der Waals surface area contributed by atoms with Crippen LogP contribution in [0.25, 0.3) is 0 Å². The van der Waals surface area contributed by atoms with Gasteiger partial charge in [0.15, 0.2) is 0 Å². The Hall–Kier alpha value is 0.0900. The number of hydrogen-bond donors (Lipinski definition) is 0. The topological polar surface area (TPSA) is 0 Å². The van der Waals surface area contributed by atoms with Gasteiger partial charge < -0.3 is 0 Å². The van der Waals surface area contributed by atoms with Crippen LogP contribution in [0.2, 0.25) is 0 Å². The van der Waals surface area contributed by atoms with E-state index >= 15 is 0 Å². The Morgan fingerprint density at radius 3 is 1.75 bits per heavy atom. The summed E-state index contributed by atoms with van der Waals surface area (Å²) in [5.41, 5.74) is 0. The lowest BCUT2D eigenvalue weighted by atomic mass is 10.8. The Labute approximate surface area is 34.0 Å². The van der Waals surface area contributed by atoms with Gasteiger partial charge in [-0.2, -0.15) is 0 Å². The van der Waals surface area contributed by atoms with Crippen molar-refractivity contribution in [3.63, 3.8) is 0 Å². The van der Waals surface area contributed by atoms with E-state index in [-0.39, 0.29) is 13.5 Å². The van der Waals surface area contributed by atoms with Crippen molar-refractivity contribution in [2.45, 2.75) is 6.92 Å². The summed E-state index contributed by atoms with van der Waals surface area (Å²) >= 11 is 0. The average molecular weight is 74.1 g/mol. The molecule has 24 valence electrons. The maximum Gasteiger partial charge on any atom is 0 e. The van der Waals surface area contributed by atoms with E-state index in [4.69, 9.17) is 0 Å². The van der Waals surface area contributed by atoms with Crippen molar-refractivity contribution in [3.8, 4) is 0 Å². The first-order valence-electron chi connectivity index (χ1n) is 0.986. The molecule has 0 aliphatic carbocycles. The van der Waals surface area contributed by atoms with Crippen molar-refractivity contribution in [1.82, 2.24) is 0 Å². The maximum absolute atomic E-state index is 3.36. The molecule has 0 saturated carbocycles. The minimum atomic E-state index is 0. The quantitative estimate of drug-likeness (QED) is 0.384. The fourth-order valence-electron chi connectivity index (χ4n) is 0. The molecule has 0 bridgehead atoms. The Morgan fingerprint density at radius 1 is 1.75 bits per heavy atom. The zero-order valence-corrected chi connectivity index (χ0v) is 3.51. The Kier molecular flexibility index (Phi) is 25.4. The van der Waals surface area contributed by atoms with Crippen molar-refractivity contribution in [2.75, 3.05) is 0 Å². The molecule has 0 aromatic rings. The molecule has 1 heteroatoms. The van der Waals surface area contributed by atoms with Gasteiger partial charge in [-0.1, -0.05) is 6.08 Å². The fraction of sp³-hybridized carbons (Fsp3) is 0.333. The normalized spacial score (nSPS) is 3.25. The summed E-state index contributed by atoms with van der Waals surface area (Å²) in [7, 11) is 0. The molecular weight excluding hydrogens is 68.1 g/mol. The molecule has 0 saturated heterocycles. The van der Waals surface area contributed by atoms with Crippen LogP contribution in [0.4, 0.5) is 0 Å². The first kappa shape index (κ1) is 8.94. The molecule has 0 heterocycles. The lowest BCUT2D eigenvalue weighted by Crippen LogP contribution is -1.07. The van der Waals surface area contributed by atoms with E-state index < -0.39 is 0 Å². The third-order valence-corrected chi connectivity index (χ3v) is 0. The summed E-state index contributed by atoms with van der Waals surface area (Å²) in [6, 6.07) is 0. The average Bonchev–Trinajstić information content (AvgIpc) is 0.918. The van der Waals surface area contributed by atoms with E-state index in [0.717, 1.165) is 0 Å². The van der Waals surface area contributed by atoms with Gasteiger partial charge in [-0.05, 0) is 6.92 Å². The van der Waals surface area contributed by atoms with Crippen LogP contribution in [-0.2, 0) is 0 Å². The summed E-state index contributed by atoms with van der Waals surface area (Å²) in [6.07, 6.45) is 1.75. The van der Waals surface area contributed by atoms with E-state index in [9.17, 15) is 0 Å². The van der Waals surface area contributed by atoms with E-state index in [1.807, 2.05) is 6.92 Å². The molecule has 0 amide bonds. The lowest BCUT2D eigenvalue weighted by Gasteiger charge is -1.31. The van der Waals surface area contributed by atoms with Crippen LogP contribution in [0.3, 0.4) is 0 Å². The van der Waals surface area contributed by atoms with E-state index in [1.165, 1.54) is 0 Å². The van der Waals surface area contributed by atoms with Gasteiger partial charge in [0.1, 0.15) is 0 Å². The summed E-state index contributed by atoms with van der Waals surface area (Å²) < 4.78 is 0. The highest BCUT2D eigenvalue weighted by atomic mass is 32.1. The van der Waals surface area contributed by atoms with Crippen LogP contribution in [-0.4, -0.2) is 0 Å². The third kappa shape index (κ3) is 307. The molecule has 0 aromatic heterocycles. The van der Waals surface area contributed by atoms with Crippen LogP contribution < -0.4 is 0 Å². The molecule has 0 fully saturated rings. The Bertz CT molecular complexity index is 10.8. The molecule has 0 atom stereocenters. The predicted molar refractivity (Wildman–Crippen MR) is 23.5 cm³/mol.